The summed E-state index contributed by atoms with van der Waals surface area (Å²) >= 11 is 0. The van der Waals surface area contributed by atoms with Crippen molar-refractivity contribution in [1.29, 1.82) is 0 Å². The predicted molar refractivity (Wildman–Crippen MR) is 135 cm³/mol. The van der Waals surface area contributed by atoms with E-state index in [4.69, 9.17) is 4.74 Å². The Morgan fingerprint density at radius 2 is 1.59 bits per heavy atom. The van der Waals surface area contributed by atoms with Gasteiger partial charge in [0, 0.05) is 17.7 Å². The van der Waals surface area contributed by atoms with Gasteiger partial charge in [-0.2, -0.15) is 13.2 Å². The van der Waals surface area contributed by atoms with E-state index in [2.05, 4.69) is 5.32 Å². The maximum Gasteiger partial charge on any atom is 0.471 e. The van der Waals surface area contributed by atoms with E-state index >= 15 is 0 Å². The van der Waals surface area contributed by atoms with Crippen molar-refractivity contribution in [3.05, 3.63) is 101 Å². The van der Waals surface area contributed by atoms with E-state index in [1.807, 2.05) is 31.2 Å². The number of ether oxygens (including phenoxy) is 1. The highest BCUT2D eigenvalue weighted by Crippen LogP contribution is 2.48. The molecule has 2 atom stereocenters. The van der Waals surface area contributed by atoms with E-state index in [0.717, 1.165) is 11.1 Å². The summed E-state index contributed by atoms with van der Waals surface area (Å²) in [5.41, 5.74) is 3.53. The van der Waals surface area contributed by atoms with Crippen molar-refractivity contribution in [2.24, 2.45) is 0 Å². The highest BCUT2D eigenvalue weighted by molar-refractivity contribution is 6.07. The minimum atomic E-state index is -5.15. The SMILES string of the molecule is COc1ccc([C@H]2C3=C(C[C@H](c4ccc(C)cc4)CC3=O)Nc3ccccc3N2C(=O)C(F)(F)F)cc1. The number of para-hydroxylation sites is 2. The number of carbonyl (C=O) groups excluding carboxylic acids is 2. The van der Waals surface area contributed by atoms with E-state index in [-0.39, 0.29) is 29.4 Å². The highest BCUT2D eigenvalue weighted by Gasteiger charge is 2.49. The largest absolute Gasteiger partial charge is 0.497 e. The van der Waals surface area contributed by atoms with Crippen LogP contribution >= 0.6 is 0 Å². The molecule has 190 valence electrons. The van der Waals surface area contributed by atoms with Crippen molar-refractivity contribution in [2.45, 2.75) is 37.9 Å². The van der Waals surface area contributed by atoms with Gasteiger partial charge in [-0.3, -0.25) is 14.5 Å². The first-order chi connectivity index (χ1) is 17.7. The van der Waals surface area contributed by atoms with Crippen LogP contribution in [0.5, 0.6) is 5.75 Å². The maximum absolute atomic E-state index is 14.0. The minimum absolute atomic E-state index is 0.0553. The van der Waals surface area contributed by atoms with Gasteiger partial charge in [0.25, 0.3) is 0 Å². The number of hydrogen-bond donors (Lipinski definition) is 1. The molecule has 1 heterocycles. The van der Waals surface area contributed by atoms with Crippen LogP contribution < -0.4 is 15.0 Å². The van der Waals surface area contributed by atoms with Crippen molar-refractivity contribution in [3.8, 4) is 5.75 Å². The fourth-order valence-corrected chi connectivity index (χ4v) is 5.13. The second-order valence-corrected chi connectivity index (χ2v) is 9.32. The molecule has 3 aromatic carbocycles. The average molecular weight is 507 g/mol. The van der Waals surface area contributed by atoms with Gasteiger partial charge in [-0.25, -0.2) is 0 Å². The summed E-state index contributed by atoms with van der Waals surface area (Å²) in [4.78, 5) is 27.4. The number of Topliss-reactive ketones (excluding diaryl/α,β-unsaturated/α-hetero) is 1. The highest BCUT2D eigenvalue weighted by atomic mass is 19.4. The Morgan fingerprint density at radius 1 is 0.946 bits per heavy atom. The molecule has 1 N–H and O–H groups in total. The molecule has 0 aromatic heterocycles. The van der Waals surface area contributed by atoms with Gasteiger partial charge in [-0.15, -0.1) is 0 Å². The lowest BCUT2D eigenvalue weighted by molar-refractivity contribution is -0.170. The molecule has 1 amide bonds. The molecule has 5 rings (SSSR count). The molecule has 8 heteroatoms. The summed E-state index contributed by atoms with van der Waals surface area (Å²) in [6.45, 7) is 1.98. The molecule has 0 saturated heterocycles. The Kier molecular flexibility index (Phi) is 6.27. The number of aryl methyl sites for hydroxylation is 1. The summed E-state index contributed by atoms with van der Waals surface area (Å²) in [6.07, 6.45) is -4.61. The number of anilines is 2. The number of rotatable bonds is 3. The Bertz CT molecular complexity index is 1380. The molecular formula is C29H25F3N2O3. The van der Waals surface area contributed by atoms with Crippen LogP contribution in [0, 0.1) is 6.92 Å². The van der Waals surface area contributed by atoms with Gasteiger partial charge < -0.3 is 10.1 Å². The topological polar surface area (TPSA) is 58.6 Å². The Labute approximate surface area is 212 Å². The molecule has 1 aliphatic heterocycles. The molecule has 5 nitrogen and oxygen atoms in total. The number of benzene rings is 3. The quantitative estimate of drug-likeness (QED) is 0.443. The zero-order chi connectivity index (χ0) is 26.3. The summed E-state index contributed by atoms with van der Waals surface area (Å²) in [6, 6.07) is 19.4. The van der Waals surface area contributed by atoms with Crippen molar-refractivity contribution in [2.75, 3.05) is 17.3 Å². The number of nitrogens with one attached hydrogen (secondary N) is 1. The van der Waals surface area contributed by atoms with Crippen LogP contribution in [-0.2, 0) is 9.59 Å². The second-order valence-electron chi connectivity index (χ2n) is 9.32. The zero-order valence-corrected chi connectivity index (χ0v) is 20.3. The van der Waals surface area contributed by atoms with Crippen molar-refractivity contribution in [3.63, 3.8) is 0 Å². The Morgan fingerprint density at radius 3 is 2.24 bits per heavy atom. The van der Waals surface area contributed by atoms with Gasteiger partial charge in [0.2, 0.25) is 0 Å². The molecule has 0 fully saturated rings. The smallest absolute Gasteiger partial charge is 0.471 e. The van der Waals surface area contributed by atoms with Crippen LogP contribution in [0.25, 0.3) is 0 Å². The normalized spacial score (nSPS) is 19.5. The van der Waals surface area contributed by atoms with Crippen LogP contribution in [0.4, 0.5) is 24.5 Å². The van der Waals surface area contributed by atoms with E-state index < -0.39 is 18.1 Å². The Balaban J connectivity index is 1.71. The van der Waals surface area contributed by atoms with Gasteiger partial charge in [0.15, 0.2) is 5.78 Å². The van der Waals surface area contributed by atoms with E-state index in [1.54, 1.807) is 42.5 Å². The molecule has 3 aromatic rings. The third kappa shape index (κ3) is 4.59. The third-order valence-corrected chi connectivity index (χ3v) is 6.93. The lowest BCUT2D eigenvalue weighted by Crippen LogP contribution is -2.45. The molecule has 0 saturated carbocycles. The van der Waals surface area contributed by atoms with Crippen molar-refractivity contribution < 1.29 is 27.5 Å². The monoisotopic (exact) mass is 506 g/mol. The summed E-state index contributed by atoms with van der Waals surface area (Å²) in [7, 11) is 1.48. The van der Waals surface area contributed by atoms with Gasteiger partial charge in [0.05, 0.1) is 24.5 Å². The summed E-state index contributed by atoms with van der Waals surface area (Å²) in [5.74, 6) is -1.97. The molecule has 0 spiro atoms. The first-order valence-corrected chi connectivity index (χ1v) is 11.9. The number of hydrogen-bond acceptors (Lipinski definition) is 4. The van der Waals surface area contributed by atoms with Crippen LogP contribution in [-0.4, -0.2) is 25.0 Å². The van der Waals surface area contributed by atoms with Crippen molar-refractivity contribution in [1.82, 2.24) is 0 Å². The first-order valence-electron chi connectivity index (χ1n) is 11.9. The van der Waals surface area contributed by atoms with E-state index in [1.165, 1.54) is 13.2 Å². The standard InChI is InChI=1S/C29H25F3N2O3/c1-17-7-9-18(10-8-17)20-15-23-26(25(35)16-20)27(19-11-13-21(37-2)14-12-19)34(28(36)29(30,31)32)24-6-4-3-5-22(24)33-23/h3-14,20,27,33H,15-16H2,1-2H3/t20-,27-/m0/s1. The number of carbonyl (C=O) groups is 2. The van der Waals surface area contributed by atoms with Crippen LogP contribution in [0.1, 0.15) is 41.5 Å². The van der Waals surface area contributed by atoms with Crippen molar-refractivity contribution >= 4 is 23.1 Å². The number of ketones is 1. The lowest BCUT2D eigenvalue weighted by Gasteiger charge is -2.35. The summed E-state index contributed by atoms with van der Waals surface area (Å²) in [5, 5.41) is 3.23. The number of methoxy groups -OCH3 is 1. The number of nitrogens with zero attached hydrogens (tertiary/aromatic N) is 1. The average Bonchev–Trinajstić information content (AvgIpc) is 3.02. The number of allylic oxidation sites excluding steroid dienone is 1. The molecule has 0 bridgehead atoms. The number of fused-ring (bicyclic) bond motifs is 1. The zero-order valence-electron chi connectivity index (χ0n) is 20.3. The fraction of sp³-hybridized carbons (Fsp3) is 0.241. The van der Waals surface area contributed by atoms with Crippen LogP contribution in [0.2, 0.25) is 0 Å². The molecular weight excluding hydrogens is 481 g/mol. The molecule has 2 aliphatic rings. The third-order valence-electron chi connectivity index (χ3n) is 6.93. The Hall–Kier alpha value is -4.07. The molecule has 37 heavy (non-hydrogen) atoms. The maximum atomic E-state index is 14.0. The van der Waals surface area contributed by atoms with Crippen LogP contribution in [0.15, 0.2) is 84.1 Å². The fourth-order valence-electron chi connectivity index (χ4n) is 5.13. The van der Waals surface area contributed by atoms with Gasteiger partial charge in [0.1, 0.15) is 5.75 Å². The second kappa shape index (κ2) is 9.42. The molecule has 1 aliphatic carbocycles. The lowest BCUT2D eigenvalue weighted by atomic mass is 9.78. The number of halogens is 3. The molecule has 0 unspecified atom stereocenters. The first kappa shape index (κ1) is 24.6. The van der Waals surface area contributed by atoms with Gasteiger partial charge in [-0.05, 0) is 54.7 Å². The predicted octanol–water partition coefficient (Wildman–Crippen LogP) is 6.47. The number of amides is 1. The van der Waals surface area contributed by atoms with Gasteiger partial charge in [-0.1, -0.05) is 54.1 Å². The summed E-state index contributed by atoms with van der Waals surface area (Å²) < 4.78 is 47.1. The van der Waals surface area contributed by atoms with E-state index in [0.29, 0.717) is 34.0 Å². The van der Waals surface area contributed by atoms with Gasteiger partial charge >= 0.3 is 12.1 Å². The molecule has 0 radical (unpaired) electrons. The number of alkyl halides is 3. The minimum Gasteiger partial charge on any atom is -0.497 e. The van der Waals surface area contributed by atoms with E-state index in [9.17, 15) is 22.8 Å². The van der Waals surface area contributed by atoms with Crippen LogP contribution in [0.3, 0.4) is 0 Å².